The highest BCUT2D eigenvalue weighted by molar-refractivity contribution is 5.31. The van der Waals surface area contributed by atoms with Crippen molar-refractivity contribution in [2.75, 3.05) is 0 Å². The molecule has 1 aliphatic carbocycles. The predicted molar refractivity (Wildman–Crippen MR) is 62.6 cm³/mol. The van der Waals surface area contributed by atoms with Gasteiger partial charge in [0.2, 0.25) is 0 Å². The average Bonchev–Trinajstić information content (AvgIpc) is 2.47. The number of benzene rings is 1. The van der Waals surface area contributed by atoms with Crippen LogP contribution in [0.25, 0.3) is 0 Å². The van der Waals surface area contributed by atoms with Gasteiger partial charge in [-0.25, -0.2) is 4.39 Å². The second-order valence-corrected chi connectivity index (χ2v) is 3.74. The third-order valence-electron chi connectivity index (χ3n) is 2.30. The molecular weight excluding hydrogens is 203 g/mol. The minimum Gasteiger partial charge on any atom is -0.457 e. The number of halogens is 1. The van der Waals surface area contributed by atoms with Crippen LogP contribution in [0.5, 0.6) is 5.75 Å². The van der Waals surface area contributed by atoms with E-state index in [0.29, 0.717) is 5.75 Å². The minimum absolute atomic E-state index is 0.256. The Kier molecular flexibility index (Phi) is 3.20. The van der Waals surface area contributed by atoms with Crippen LogP contribution in [0.3, 0.4) is 0 Å². The fourth-order valence-electron chi connectivity index (χ4n) is 1.42. The van der Waals surface area contributed by atoms with E-state index in [4.69, 9.17) is 4.74 Å². The first-order chi connectivity index (χ1) is 7.74. The average molecular weight is 216 g/mol. The van der Waals surface area contributed by atoms with Gasteiger partial charge in [-0.05, 0) is 49.8 Å². The Morgan fingerprint density at radius 1 is 1.12 bits per heavy atom. The molecular formula is C14H13FO. The van der Waals surface area contributed by atoms with Gasteiger partial charge >= 0.3 is 0 Å². The molecule has 0 bridgehead atoms. The lowest BCUT2D eigenvalue weighted by Crippen LogP contribution is -1.91. The van der Waals surface area contributed by atoms with E-state index in [2.05, 4.69) is 6.92 Å². The molecule has 1 aliphatic rings. The highest BCUT2D eigenvalue weighted by Gasteiger charge is 1.99. The van der Waals surface area contributed by atoms with E-state index < -0.39 is 0 Å². The number of rotatable bonds is 2. The molecule has 0 N–H and O–H groups in total. The van der Waals surface area contributed by atoms with Crippen LogP contribution in [-0.4, -0.2) is 0 Å². The topological polar surface area (TPSA) is 9.23 Å². The van der Waals surface area contributed by atoms with Gasteiger partial charge in [0.05, 0.1) is 0 Å². The summed E-state index contributed by atoms with van der Waals surface area (Å²) in [7, 11) is 0. The fraction of sp³-hybridized carbons (Fsp3) is 0.143. The number of hydrogen-bond donors (Lipinski definition) is 0. The summed E-state index contributed by atoms with van der Waals surface area (Å²) in [6.07, 6.45) is 8.86. The first-order valence-electron chi connectivity index (χ1n) is 5.21. The zero-order valence-corrected chi connectivity index (χ0v) is 9.11. The molecule has 0 saturated carbocycles. The van der Waals surface area contributed by atoms with Crippen molar-refractivity contribution in [3.05, 3.63) is 65.7 Å². The van der Waals surface area contributed by atoms with E-state index in [9.17, 15) is 4.39 Å². The molecule has 0 aliphatic heterocycles. The van der Waals surface area contributed by atoms with Crippen molar-refractivity contribution in [3.8, 4) is 5.75 Å². The highest BCUT2D eigenvalue weighted by atomic mass is 19.1. The third-order valence-corrected chi connectivity index (χ3v) is 2.30. The van der Waals surface area contributed by atoms with E-state index >= 15 is 0 Å². The maximum absolute atomic E-state index is 12.7. The second-order valence-electron chi connectivity index (χ2n) is 3.74. The van der Waals surface area contributed by atoms with E-state index in [-0.39, 0.29) is 5.82 Å². The van der Waals surface area contributed by atoms with Crippen molar-refractivity contribution < 1.29 is 9.13 Å². The molecule has 0 aromatic heterocycles. The summed E-state index contributed by atoms with van der Waals surface area (Å²) >= 11 is 0. The van der Waals surface area contributed by atoms with Crippen LogP contribution in [0.4, 0.5) is 4.39 Å². The first kappa shape index (κ1) is 10.7. The first-order valence-corrected chi connectivity index (χ1v) is 5.21. The van der Waals surface area contributed by atoms with Gasteiger partial charge in [0.25, 0.3) is 0 Å². The lowest BCUT2D eigenvalue weighted by Gasteiger charge is -2.04. The molecule has 0 saturated heterocycles. The van der Waals surface area contributed by atoms with Crippen LogP contribution >= 0.6 is 0 Å². The summed E-state index contributed by atoms with van der Waals surface area (Å²) in [5.74, 6) is 1.15. The third kappa shape index (κ3) is 2.83. The molecule has 0 unspecified atom stereocenters. The molecule has 1 aromatic rings. The van der Waals surface area contributed by atoms with Crippen LogP contribution in [0.1, 0.15) is 13.3 Å². The summed E-state index contributed by atoms with van der Waals surface area (Å²) in [6, 6.07) is 6.01. The maximum atomic E-state index is 12.7. The molecule has 2 heteroatoms. The van der Waals surface area contributed by atoms with Gasteiger partial charge < -0.3 is 4.74 Å². The normalized spacial score (nSPS) is 15.1. The molecule has 0 amide bonds. The molecule has 0 heterocycles. The monoisotopic (exact) mass is 216 g/mol. The SMILES string of the molecule is CC1=CC=C(Oc2ccc(F)cc2)C=CC1. The van der Waals surface area contributed by atoms with Crippen LogP contribution in [0.2, 0.25) is 0 Å². The molecule has 16 heavy (non-hydrogen) atoms. The van der Waals surface area contributed by atoms with Crippen LogP contribution in [0, 0.1) is 5.82 Å². The molecule has 2 rings (SSSR count). The van der Waals surface area contributed by atoms with Gasteiger partial charge in [-0.1, -0.05) is 17.7 Å². The van der Waals surface area contributed by atoms with Crippen LogP contribution in [0.15, 0.2) is 59.9 Å². The summed E-state index contributed by atoms with van der Waals surface area (Å²) in [6.45, 7) is 2.07. The second kappa shape index (κ2) is 4.79. The Morgan fingerprint density at radius 2 is 1.88 bits per heavy atom. The van der Waals surface area contributed by atoms with Crippen molar-refractivity contribution in [1.82, 2.24) is 0 Å². The Bertz CT molecular complexity index is 452. The standard InChI is InChI=1S/C14H13FO/c1-11-3-2-4-13(8-5-11)16-14-9-6-12(15)7-10-14/h2,4-10H,3H2,1H3. The molecule has 1 aromatic carbocycles. The van der Waals surface area contributed by atoms with Crippen molar-refractivity contribution in [1.29, 1.82) is 0 Å². The zero-order valence-electron chi connectivity index (χ0n) is 9.11. The molecule has 0 atom stereocenters. The maximum Gasteiger partial charge on any atom is 0.127 e. The van der Waals surface area contributed by atoms with Crippen molar-refractivity contribution in [2.45, 2.75) is 13.3 Å². The summed E-state index contributed by atoms with van der Waals surface area (Å²) < 4.78 is 18.3. The van der Waals surface area contributed by atoms with Gasteiger partial charge in [-0.15, -0.1) is 0 Å². The Morgan fingerprint density at radius 3 is 2.62 bits per heavy atom. The number of ether oxygens (including phenoxy) is 1. The smallest absolute Gasteiger partial charge is 0.127 e. The summed E-state index contributed by atoms with van der Waals surface area (Å²) in [4.78, 5) is 0. The Balaban J connectivity index is 2.13. The number of hydrogen-bond acceptors (Lipinski definition) is 1. The van der Waals surface area contributed by atoms with Crippen molar-refractivity contribution >= 4 is 0 Å². The molecule has 1 nitrogen and oxygen atoms in total. The van der Waals surface area contributed by atoms with Crippen molar-refractivity contribution in [3.63, 3.8) is 0 Å². The van der Waals surface area contributed by atoms with Crippen molar-refractivity contribution in [2.24, 2.45) is 0 Å². The quantitative estimate of drug-likeness (QED) is 0.726. The van der Waals surface area contributed by atoms with Gasteiger partial charge in [-0.3, -0.25) is 0 Å². The minimum atomic E-state index is -0.256. The van der Waals surface area contributed by atoms with Gasteiger partial charge in [-0.2, -0.15) is 0 Å². The lowest BCUT2D eigenvalue weighted by atomic mass is 10.2. The van der Waals surface area contributed by atoms with Crippen LogP contribution < -0.4 is 4.74 Å². The molecule has 0 spiro atoms. The number of allylic oxidation sites excluding steroid dienone is 5. The fourth-order valence-corrected chi connectivity index (χ4v) is 1.42. The van der Waals surface area contributed by atoms with E-state index in [1.54, 1.807) is 12.1 Å². The van der Waals surface area contributed by atoms with Gasteiger partial charge in [0.15, 0.2) is 0 Å². The highest BCUT2D eigenvalue weighted by Crippen LogP contribution is 2.17. The summed E-state index contributed by atoms with van der Waals surface area (Å²) in [5.41, 5.74) is 1.29. The van der Waals surface area contributed by atoms with Gasteiger partial charge in [0.1, 0.15) is 17.3 Å². The largest absolute Gasteiger partial charge is 0.457 e. The molecule has 82 valence electrons. The van der Waals surface area contributed by atoms with Crippen LogP contribution in [-0.2, 0) is 0 Å². The van der Waals surface area contributed by atoms with E-state index in [0.717, 1.165) is 12.2 Å². The predicted octanol–water partition coefficient (Wildman–Crippen LogP) is 3.99. The Hall–Kier alpha value is -1.83. The van der Waals surface area contributed by atoms with E-state index in [1.165, 1.54) is 17.7 Å². The Labute approximate surface area is 94.6 Å². The molecule has 0 radical (unpaired) electrons. The zero-order chi connectivity index (χ0) is 11.4. The summed E-state index contributed by atoms with van der Waals surface area (Å²) in [5, 5.41) is 0. The lowest BCUT2D eigenvalue weighted by molar-refractivity contribution is 0.443. The molecule has 0 fully saturated rings. The van der Waals surface area contributed by atoms with Gasteiger partial charge in [0, 0.05) is 0 Å². The van der Waals surface area contributed by atoms with E-state index in [1.807, 2.05) is 24.3 Å².